The highest BCUT2D eigenvalue weighted by Gasteiger charge is 2.29. The van der Waals surface area contributed by atoms with Gasteiger partial charge < -0.3 is 5.73 Å². The summed E-state index contributed by atoms with van der Waals surface area (Å²) in [6, 6.07) is 0.609. The lowest BCUT2D eigenvalue weighted by Crippen LogP contribution is -2.49. The van der Waals surface area contributed by atoms with Gasteiger partial charge in [-0.25, -0.2) is 0 Å². The van der Waals surface area contributed by atoms with Crippen LogP contribution >= 0.6 is 0 Å². The summed E-state index contributed by atoms with van der Waals surface area (Å²) >= 11 is 0. The normalized spacial score (nSPS) is 26.4. The molecule has 1 aliphatic rings. The Hall–Kier alpha value is -0.0800. The van der Waals surface area contributed by atoms with E-state index >= 15 is 0 Å². The molecule has 0 spiro atoms. The Labute approximate surface area is 121 Å². The van der Waals surface area contributed by atoms with E-state index in [1.165, 1.54) is 38.8 Å². The van der Waals surface area contributed by atoms with Gasteiger partial charge in [0, 0.05) is 25.7 Å². The van der Waals surface area contributed by atoms with Crippen LogP contribution in [0.15, 0.2) is 0 Å². The molecule has 19 heavy (non-hydrogen) atoms. The van der Waals surface area contributed by atoms with Crippen molar-refractivity contribution in [1.82, 2.24) is 4.90 Å². The summed E-state index contributed by atoms with van der Waals surface area (Å²) in [5.74, 6) is 3.22. The molecule has 1 aliphatic carbocycles. The SMILES string of the molecule is CC(C)CN(CC(C)C)C(CN)C1CCC(C)CC1. The first-order valence-electron chi connectivity index (χ1n) is 8.38. The summed E-state index contributed by atoms with van der Waals surface area (Å²) in [4.78, 5) is 2.69. The van der Waals surface area contributed by atoms with Crippen LogP contribution in [0, 0.1) is 23.7 Å². The summed E-state index contributed by atoms with van der Waals surface area (Å²) in [6.07, 6.45) is 5.57. The molecule has 0 saturated heterocycles. The van der Waals surface area contributed by atoms with Crippen molar-refractivity contribution in [3.8, 4) is 0 Å². The van der Waals surface area contributed by atoms with Crippen LogP contribution in [0.1, 0.15) is 60.3 Å². The highest BCUT2D eigenvalue weighted by Crippen LogP contribution is 2.32. The quantitative estimate of drug-likeness (QED) is 0.762. The fraction of sp³-hybridized carbons (Fsp3) is 1.00. The Morgan fingerprint density at radius 3 is 1.79 bits per heavy atom. The molecule has 2 heteroatoms. The van der Waals surface area contributed by atoms with Crippen molar-refractivity contribution < 1.29 is 0 Å². The van der Waals surface area contributed by atoms with Crippen molar-refractivity contribution >= 4 is 0 Å². The van der Waals surface area contributed by atoms with Crippen LogP contribution in [0.2, 0.25) is 0 Å². The van der Waals surface area contributed by atoms with Crippen LogP contribution in [-0.2, 0) is 0 Å². The predicted molar refractivity (Wildman–Crippen MR) is 85.2 cm³/mol. The van der Waals surface area contributed by atoms with E-state index in [1.54, 1.807) is 0 Å². The number of hydrogen-bond acceptors (Lipinski definition) is 2. The average Bonchev–Trinajstić information content (AvgIpc) is 2.30. The largest absolute Gasteiger partial charge is 0.329 e. The maximum Gasteiger partial charge on any atom is 0.0246 e. The highest BCUT2D eigenvalue weighted by atomic mass is 15.2. The monoisotopic (exact) mass is 268 g/mol. The van der Waals surface area contributed by atoms with E-state index in [2.05, 4.69) is 39.5 Å². The van der Waals surface area contributed by atoms with E-state index in [4.69, 9.17) is 5.73 Å². The van der Waals surface area contributed by atoms with Gasteiger partial charge in [-0.1, -0.05) is 47.5 Å². The van der Waals surface area contributed by atoms with Crippen molar-refractivity contribution in [3.63, 3.8) is 0 Å². The highest BCUT2D eigenvalue weighted by molar-refractivity contribution is 4.84. The molecule has 2 N–H and O–H groups in total. The minimum atomic E-state index is 0.609. The molecule has 0 aromatic carbocycles. The molecular formula is C17H36N2. The number of rotatable bonds is 7. The molecule has 1 atom stereocenters. The summed E-state index contributed by atoms with van der Waals surface area (Å²) in [7, 11) is 0. The second-order valence-electron chi connectivity index (χ2n) is 7.56. The molecular weight excluding hydrogens is 232 g/mol. The second kappa shape index (κ2) is 8.26. The van der Waals surface area contributed by atoms with Crippen LogP contribution < -0.4 is 5.73 Å². The van der Waals surface area contributed by atoms with Crippen LogP contribution in [0.25, 0.3) is 0 Å². The molecule has 0 aromatic heterocycles. The maximum atomic E-state index is 6.15. The first-order chi connectivity index (χ1) is 8.93. The molecule has 114 valence electrons. The van der Waals surface area contributed by atoms with Crippen molar-refractivity contribution in [2.75, 3.05) is 19.6 Å². The summed E-state index contributed by atoms with van der Waals surface area (Å²) in [5, 5.41) is 0. The van der Waals surface area contributed by atoms with Crippen molar-refractivity contribution in [2.24, 2.45) is 29.4 Å². The summed E-state index contributed by atoms with van der Waals surface area (Å²) < 4.78 is 0. The molecule has 0 radical (unpaired) electrons. The topological polar surface area (TPSA) is 29.3 Å². The molecule has 0 aliphatic heterocycles. The molecule has 1 fully saturated rings. The van der Waals surface area contributed by atoms with Gasteiger partial charge in [0.15, 0.2) is 0 Å². The average molecular weight is 268 g/mol. The zero-order chi connectivity index (χ0) is 14.4. The van der Waals surface area contributed by atoms with E-state index in [1.807, 2.05) is 0 Å². The van der Waals surface area contributed by atoms with Gasteiger partial charge in [0.05, 0.1) is 0 Å². The Bertz CT molecular complexity index is 219. The van der Waals surface area contributed by atoms with Crippen LogP contribution in [0.5, 0.6) is 0 Å². The lowest BCUT2D eigenvalue weighted by molar-refractivity contribution is 0.0896. The first-order valence-corrected chi connectivity index (χ1v) is 8.38. The van der Waals surface area contributed by atoms with Crippen molar-refractivity contribution in [1.29, 1.82) is 0 Å². The summed E-state index contributed by atoms with van der Waals surface area (Å²) in [6.45, 7) is 14.9. The van der Waals surface area contributed by atoms with Crippen LogP contribution in [0.3, 0.4) is 0 Å². The Balaban J connectivity index is 2.65. The molecule has 1 saturated carbocycles. The maximum absolute atomic E-state index is 6.15. The number of hydrogen-bond donors (Lipinski definition) is 1. The number of nitrogens with zero attached hydrogens (tertiary/aromatic N) is 1. The molecule has 0 bridgehead atoms. The third-order valence-electron chi connectivity index (χ3n) is 4.51. The van der Waals surface area contributed by atoms with Gasteiger partial charge in [0.2, 0.25) is 0 Å². The van der Waals surface area contributed by atoms with Crippen LogP contribution in [0.4, 0.5) is 0 Å². The first kappa shape index (κ1) is 17.0. The van der Waals surface area contributed by atoms with E-state index in [0.29, 0.717) is 6.04 Å². The minimum Gasteiger partial charge on any atom is -0.329 e. The lowest BCUT2D eigenvalue weighted by Gasteiger charge is -2.41. The van der Waals surface area contributed by atoms with E-state index in [0.717, 1.165) is 30.2 Å². The van der Waals surface area contributed by atoms with E-state index < -0.39 is 0 Å². The zero-order valence-corrected chi connectivity index (χ0v) is 13.9. The fourth-order valence-corrected chi connectivity index (χ4v) is 3.59. The second-order valence-corrected chi connectivity index (χ2v) is 7.56. The molecule has 0 heterocycles. The summed E-state index contributed by atoms with van der Waals surface area (Å²) in [5.41, 5.74) is 6.15. The molecule has 1 rings (SSSR count). The Morgan fingerprint density at radius 2 is 1.42 bits per heavy atom. The number of nitrogens with two attached hydrogens (primary N) is 1. The Morgan fingerprint density at radius 1 is 0.947 bits per heavy atom. The van der Waals surface area contributed by atoms with Gasteiger partial charge in [0.1, 0.15) is 0 Å². The third-order valence-corrected chi connectivity index (χ3v) is 4.51. The van der Waals surface area contributed by atoms with Gasteiger partial charge in [0.25, 0.3) is 0 Å². The lowest BCUT2D eigenvalue weighted by atomic mass is 9.78. The van der Waals surface area contributed by atoms with Crippen molar-refractivity contribution in [2.45, 2.75) is 66.3 Å². The Kier molecular flexibility index (Phi) is 7.38. The van der Waals surface area contributed by atoms with Gasteiger partial charge in [-0.3, -0.25) is 4.90 Å². The van der Waals surface area contributed by atoms with Gasteiger partial charge >= 0.3 is 0 Å². The van der Waals surface area contributed by atoms with Gasteiger partial charge in [-0.2, -0.15) is 0 Å². The van der Waals surface area contributed by atoms with E-state index in [9.17, 15) is 0 Å². The van der Waals surface area contributed by atoms with Crippen molar-refractivity contribution in [3.05, 3.63) is 0 Å². The molecule has 1 unspecified atom stereocenters. The smallest absolute Gasteiger partial charge is 0.0246 e. The van der Waals surface area contributed by atoms with Gasteiger partial charge in [-0.15, -0.1) is 0 Å². The molecule has 2 nitrogen and oxygen atoms in total. The third kappa shape index (κ3) is 5.83. The molecule has 0 amide bonds. The van der Waals surface area contributed by atoms with Gasteiger partial charge in [-0.05, 0) is 36.5 Å². The fourth-order valence-electron chi connectivity index (χ4n) is 3.59. The van der Waals surface area contributed by atoms with E-state index in [-0.39, 0.29) is 0 Å². The standard InChI is InChI=1S/C17H36N2/c1-13(2)11-19(12-14(3)4)17(10-18)16-8-6-15(5)7-9-16/h13-17H,6-12,18H2,1-5H3. The minimum absolute atomic E-state index is 0.609. The predicted octanol–water partition coefficient (Wildman–Crippen LogP) is 3.75. The zero-order valence-electron chi connectivity index (χ0n) is 13.9. The van der Waals surface area contributed by atoms with Crippen LogP contribution in [-0.4, -0.2) is 30.6 Å². The molecule has 0 aromatic rings.